The normalized spacial score (nSPS) is 13.2. The summed E-state index contributed by atoms with van der Waals surface area (Å²) >= 11 is 0. The lowest BCUT2D eigenvalue weighted by molar-refractivity contribution is -0.383. The Morgan fingerprint density at radius 1 is 1.19 bits per heavy atom. The average molecular weight is 371 g/mol. The molecule has 1 unspecified atom stereocenters. The van der Waals surface area contributed by atoms with Crippen LogP contribution in [0.4, 0.5) is 16.2 Å². The third-order valence-electron chi connectivity index (χ3n) is 5.25. The summed E-state index contributed by atoms with van der Waals surface area (Å²) in [6, 6.07) is 10.1. The van der Waals surface area contributed by atoms with Crippen LogP contribution in [-0.2, 0) is 0 Å². The SMILES string of the molecule is CCCCC(CC)[C@@H](C)NC(=O)N(C)c1ccc([N+](=O)[O-])c2ccccc12. The Kier molecular flexibility index (Phi) is 7.16. The fourth-order valence-corrected chi connectivity index (χ4v) is 3.51. The highest BCUT2D eigenvalue weighted by Crippen LogP contribution is 2.33. The number of benzene rings is 2. The molecule has 0 aromatic heterocycles. The minimum absolute atomic E-state index is 0.0436. The first kappa shape index (κ1) is 20.7. The summed E-state index contributed by atoms with van der Waals surface area (Å²) in [6.45, 7) is 6.36. The summed E-state index contributed by atoms with van der Waals surface area (Å²) in [5.41, 5.74) is 0.699. The van der Waals surface area contributed by atoms with Crippen molar-refractivity contribution in [1.82, 2.24) is 5.32 Å². The molecule has 2 aromatic rings. The molecule has 2 rings (SSSR count). The van der Waals surface area contributed by atoms with E-state index in [9.17, 15) is 14.9 Å². The van der Waals surface area contributed by atoms with Crippen molar-refractivity contribution in [3.63, 3.8) is 0 Å². The van der Waals surface area contributed by atoms with Gasteiger partial charge in [-0.15, -0.1) is 0 Å². The van der Waals surface area contributed by atoms with Crippen molar-refractivity contribution in [2.24, 2.45) is 5.92 Å². The van der Waals surface area contributed by atoms with Crippen molar-refractivity contribution >= 4 is 28.2 Å². The molecule has 0 fully saturated rings. The van der Waals surface area contributed by atoms with Crippen LogP contribution in [0.5, 0.6) is 0 Å². The number of rotatable bonds is 8. The van der Waals surface area contributed by atoms with Crippen LogP contribution in [0.1, 0.15) is 46.5 Å². The number of carbonyl (C=O) groups is 1. The van der Waals surface area contributed by atoms with Gasteiger partial charge in [0.05, 0.1) is 16.0 Å². The predicted octanol–water partition coefficient (Wildman–Crippen LogP) is 5.50. The fraction of sp³-hybridized carbons (Fsp3) is 0.476. The third kappa shape index (κ3) is 4.76. The van der Waals surface area contributed by atoms with Gasteiger partial charge in [0, 0.05) is 24.5 Å². The van der Waals surface area contributed by atoms with Crippen molar-refractivity contribution in [3.05, 3.63) is 46.5 Å². The first-order valence-electron chi connectivity index (χ1n) is 9.61. The number of amides is 2. The molecule has 0 heterocycles. The van der Waals surface area contributed by atoms with Crippen LogP contribution in [0.2, 0.25) is 0 Å². The second-order valence-corrected chi connectivity index (χ2v) is 7.01. The van der Waals surface area contributed by atoms with E-state index in [1.54, 1.807) is 31.3 Å². The van der Waals surface area contributed by atoms with Gasteiger partial charge >= 0.3 is 6.03 Å². The molecule has 6 nitrogen and oxygen atoms in total. The number of fused-ring (bicyclic) bond motifs is 1. The Morgan fingerprint density at radius 3 is 2.44 bits per heavy atom. The lowest BCUT2D eigenvalue weighted by atomic mass is 9.92. The zero-order valence-electron chi connectivity index (χ0n) is 16.6. The van der Waals surface area contributed by atoms with Crippen molar-refractivity contribution < 1.29 is 9.72 Å². The number of hydrogen-bond donors (Lipinski definition) is 1. The number of hydrogen-bond acceptors (Lipinski definition) is 3. The average Bonchev–Trinajstić information content (AvgIpc) is 2.66. The van der Waals surface area contributed by atoms with E-state index in [1.807, 2.05) is 13.0 Å². The first-order valence-corrected chi connectivity index (χ1v) is 9.61. The topological polar surface area (TPSA) is 75.5 Å². The Labute approximate surface area is 160 Å². The van der Waals surface area contributed by atoms with Gasteiger partial charge in [0.15, 0.2) is 0 Å². The molecular formula is C21H29N3O3. The molecule has 0 radical (unpaired) electrons. The molecule has 146 valence electrons. The summed E-state index contributed by atoms with van der Waals surface area (Å²) in [5, 5.41) is 15.6. The maximum absolute atomic E-state index is 12.8. The molecule has 2 atom stereocenters. The zero-order valence-corrected chi connectivity index (χ0v) is 16.6. The maximum atomic E-state index is 12.8. The summed E-state index contributed by atoms with van der Waals surface area (Å²) in [7, 11) is 1.70. The minimum Gasteiger partial charge on any atom is -0.335 e. The molecule has 0 saturated heterocycles. The van der Waals surface area contributed by atoms with Gasteiger partial charge in [0.2, 0.25) is 0 Å². The third-order valence-corrected chi connectivity index (χ3v) is 5.25. The number of nitro benzene ring substituents is 1. The van der Waals surface area contributed by atoms with Crippen LogP contribution in [-0.4, -0.2) is 24.0 Å². The highest BCUT2D eigenvalue weighted by atomic mass is 16.6. The van der Waals surface area contributed by atoms with E-state index in [-0.39, 0.29) is 17.8 Å². The van der Waals surface area contributed by atoms with Crippen LogP contribution < -0.4 is 10.2 Å². The smallest absolute Gasteiger partial charge is 0.321 e. The number of anilines is 1. The number of unbranched alkanes of at least 4 members (excludes halogenated alkanes) is 1. The minimum atomic E-state index is -0.395. The lowest BCUT2D eigenvalue weighted by Crippen LogP contribution is -2.45. The standard InChI is InChI=1S/C21H29N3O3/c1-5-7-10-16(6-2)15(3)22-21(25)23(4)19-13-14-20(24(26)27)18-12-9-8-11-17(18)19/h8-9,11-16H,5-7,10H2,1-4H3,(H,22,25)/t15-,16?/m1/s1. The molecule has 1 N–H and O–H groups in total. The van der Waals surface area contributed by atoms with E-state index < -0.39 is 4.92 Å². The van der Waals surface area contributed by atoms with Crippen molar-refractivity contribution in [2.45, 2.75) is 52.5 Å². The van der Waals surface area contributed by atoms with Crippen LogP contribution in [0.15, 0.2) is 36.4 Å². The number of non-ortho nitro benzene ring substituents is 1. The molecule has 2 aromatic carbocycles. The molecule has 0 aliphatic carbocycles. The molecule has 0 aliphatic heterocycles. The van der Waals surface area contributed by atoms with E-state index in [1.165, 1.54) is 11.0 Å². The Morgan fingerprint density at radius 2 is 1.85 bits per heavy atom. The Balaban J connectivity index is 2.24. The molecule has 2 amide bonds. The van der Waals surface area contributed by atoms with Gasteiger partial charge in [-0.2, -0.15) is 0 Å². The highest BCUT2D eigenvalue weighted by Gasteiger charge is 2.22. The van der Waals surface area contributed by atoms with E-state index in [0.717, 1.165) is 25.7 Å². The monoisotopic (exact) mass is 371 g/mol. The molecule has 27 heavy (non-hydrogen) atoms. The van der Waals surface area contributed by atoms with Crippen LogP contribution >= 0.6 is 0 Å². The van der Waals surface area contributed by atoms with Crippen molar-refractivity contribution in [1.29, 1.82) is 0 Å². The fourth-order valence-electron chi connectivity index (χ4n) is 3.51. The summed E-state index contributed by atoms with van der Waals surface area (Å²) < 4.78 is 0. The Hall–Kier alpha value is -2.63. The number of carbonyl (C=O) groups excluding carboxylic acids is 1. The second-order valence-electron chi connectivity index (χ2n) is 7.01. The maximum Gasteiger partial charge on any atom is 0.321 e. The van der Waals surface area contributed by atoms with Gasteiger partial charge in [-0.1, -0.05) is 51.3 Å². The quantitative estimate of drug-likeness (QED) is 0.492. The van der Waals surface area contributed by atoms with Gasteiger partial charge in [-0.25, -0.2) is 4.79 Å². The number of nitrogens with one attached hydrogen (secondary N) is 1. The molecular weight excluding hydrogens is 342 g/mol. The van der Waals surface area contributed by atoms with Gasteiger partial charge in [0.1, 0.15) is 0 Å². The highest BCUT2D eigenvalue weighted by molar-refractivity contribution is 6.05. The van der Waals surface area contributed by atoms with Gasteiger partial charge < -0.3 is 5.32 Å². The van der Waals surface area contributed by atoms with Crippen molar-refractivity contribution in [2.75, 3.05) is 11.9 Å². The molecule has 0 saturated carbocycles. The summed E-state index contributed by atoms with van der Waals surface area (Å²) in [6.07, 6.45) is 4.41. The van der Waals surface area contributed by atoms with Crippen LogP contribution in [0.3, 0.4) is 0 Å². The van der Waals surface area contributed by atoms with Gasteiger partial charge in [-0.3, -0.25) is 15.0 Å². The largest absolute Gasteiger partial charge is 0.335 e. The summed E-state index contributed by atoms with van der Waals surface area (Å²) in [4.78, 5) is 25.2. The van der Waals surface area contributed by atoms with Crippen molar-refractivity contribution in [3.8, 4) is 0 Å². The van der Waals surface area contributed by atoms with E-state index in [2.05, 4.69) is 19.2 Å². The number of nitro groups is 1. The van der Waals surface area contributed by atoms with Gasteiger partial charge in [-0.05, 0) is 31.4 Å². The van der Waals surface area contributed by atoms with Gasteiger partial charge in [0.25, 0.3) is 5.69 Å². The lowest BCUT2D eigenvalue weighted by Gasteiger charge is -2.27. The van der Waals surface area contributed by atoms with Crippen LogP contribution in [0, 0.1) is 16.0 Å². The zero-order chi connectivity index (χ0) is 20.0. The molecule has 0 spiro atoms. The van der Waals surface area contributed by atoms with E-state index in [4.69, 9.17) is 0 Å². The van der Waals surface area contributed by atoms with E-state index >= 15 is 0 Å². The predicted molar refractivity (Wildman–Crippen MR) is 110 cm³/mol. The number of urea groups is 1. The van der Waals surface area contributed by atoms with E-state index in [0.29, 0.717) is 22.4 Å². The van der Waals surface area contributed by atoms with Crippen LogP contribution in [0.25, 0.3) is 10.8 Å². The molecule has 6 heteroatoms. The Bertz CT molecular complexity index is 806. The summed E-state index contributed by atoms with van der Waals surface area (Å²) in [5.74, 6) is 0.441. The second kappa shape index (κ2) is 9.35. The first-order chi connectivity index (χ1) is 12.9. The number of nitrogens with zero attached hydrogens (tertiary/aromatic N) is 2. The molecule has 0 bridgehead atoms. The molecule has 0 aliphatic rings.